The molecule has 0 aromatic heterocycles. The largest absolute Gasteiger partial charge is 0.444 e. The zero-order chi connectivity index (χ0) is 11.9. The molecule has 4 atom stereocenters. The van der Waals surface area contributed by atoms with Crippen LogP contribution in [0.3, 0.4) is 0 Å². The van der Waals surface area contributed by atoms with Crippen molar-refractivity contribution in [1.29, 1.82) is 0 Å². The number of rotatable bonds is 1. The van der Waals surface area contributed by atoms with Crippen molar-refractivity contribution in [2.75, 3.05) is 0 Å². The van der Waals surface area contributed by atoms with Crippen LogP contribution < -0.4 is 5.32 Å². The Labute approximate surface area is 96.4 Å². The molecule has 0 radical (unpaired) electrons. The lowest BCUT2D eigenvalue weighted by molar-refractivity contribution is 0.0477. The Hall–Kier alpha value is -0.770. The van der Waals surface area contributed by atoms with Crippen molar-refractivity contribution in [2.45, 2.75) is 57.8 Å². The lowest BCUT2D eigenvalue weighted by Crippen LogP contribution is -2.42. The number of alkyl carbamates (subject to hydrolysis) is 1. The van der Waals surface area contributed by atoms with Gasteiger partial charge >= 0.3 is 6.09 Å². The zero-order valence-corrected chi connectivity index (χ0v) is 10.2. The molecule has 0 aromatic rings. The second-order valence-electron chi connectivity index (χ2n) is 5.98. The van der Waals surface area contributed by atoms with Gasteiger partial charge in [-0.3, -0.25) is 0 Å². The average molecular weight is 227 g/mol. The van der Waals surface area contributed by atoms with Crippen LogP contribution in [0.15, 0.2) is 0 Å². The summed E-state index contributed by atoms with van der Waals surface area (Å²) in [5.74, 6) is 0.613. The van der Waals surface area contributed by atoms with Gasteiger partial charge in [0, 0.05) is 12.0 Å². The van der Waals surface area contributed by atoms with Crippen LogP contribution in [0.25, 0.3) is 0 Å². The maximum atomic E-state index is 11.6. The van der Waals surface area contributed by atoms with Gasteiger partial charge < -0.3 is 15.2 Å². The average Bonchev–Trinajstić information content (AvgIpc) is 2.57. The van der Waals surface area contributed by atoms with Gasteiger partial charge in [-0.1, -0.05) is 0 Å². The Bertz CT molecular complexity index is 284. The number of carbonyl (C=O) groups is 1. The highest BCUT2D eigenvalue weighted by Crippen LogP contribution is 2.44. The number of hydrogen-bond donors (Lipinski definition) is 2. The highest BCUT2D eigenvalue weighted by atomic mass is 16.6. The minimum Gasteiger partial charge on any atom is -0.444 e. The van der Waals surface area contributed by atoms with Gasteiger partial charge in [0.25, 0.3) is 0 Å². The molecular weight excluding hydrogens is 206 g/mol. The number of ether oxygens (including phenoxy) is 1. The molecule has 0 unspecified atom stereocenters. The molecule has 2 bridgehead atoms. The van der Waals surface area contributed by atoms with Crippen LogP contribution in [0, 0.1) is 11.8 Å². The molecule has 2 rings (SSSR count). The third-order valence-electron chi connectivity index (χ3n) is 3.57. The van der Waals surface area contributed by atoms with Gasteiger partial charge in [0.2, 0.25) is 0 Å². The summed E-state index contributed by atoms with van der Waals surface area (Å²) in [6.45, 7) is 5.55. The van der Waals surface area contributed by atoms with E-state index in [0.717, 1.165) is 19.3 Å². The predicted octanol–water partition coefficient (Wildman–Crippen LogP) is 1.67. The van der Waals surface area contributed by atoms with Crippen molar-refractivity contribution in [3.05, 3.63) is 0 Å². The Balaban J connectivity index is 1.85. The summed E-state index contributed by atoms with van der Waals surface area (Å²) in [5, 5.41) is 12.7. The fraction of sp³-hybridized carbons (Fsp3) is 0.917. The summed E-state index contributed by atoms with van der Waals surface area (Å²) in [6.07, 6.45) is 2.42. The molecule has 0 heterocycles. The van der Waals surface area contributed by atoms with E-state index >= 15 is 0 Å². The minimum atomic E-state index is -0.458. The van der Waals surface area contributed by atoms with E-state index in [1.54, 1.807) is 0 Å². The molecule has 0 aliphatic heterocycles. The lowest BCUT2D eigenvalue weighted by atomic mass is 9.95. The van der Waals surface area contributed by atoms with Crippen molar-refractivity contribution in [1.82, 2.24) is 5.32 Å². The number of aliphatic hydroxyl groups is 1. The fourth-order valence-corrected chi connectivity index (χ4v) is 2.92. The topological polar surface area (TPSA) is 58.6 Å². The van der Waals surface area contributed by atoms with E-state index in [0.29, 0.717) is 5.92 Å². The first-order chi connectivity index (χ1) is 7.37. The Morgan fingerprint density at radius 1 is 1.38 bits per heavy atom. The molecular formula is C12H21NO3. The van der Waals surface area contributed by atoms with Gasteiger partial charge in [0.15, 0.2) is 0 Å². The Kier molecular flexibility index (Phi) is 2.86. The quantitative estimate of drug-likeness (QED) is 0.716. The van der Waals surface area contributed by atoms with Crippen molar-refractivity contribution >= 4 is 6.09 Å². The van der Waals surface area contributed by atoms with Crippen molar-refractivity contribution in [3.8, 4) is 0 Å². The van der Waals surface area contributed by atoms with E-state index in [2.05, 4.69) is 5.32 Å². The van der Waals surface area contributed by atoms with Gasteiger partial charge in [0.1, 0.15) is 5.60 Å². The second kappa shape index (κ2) is 3.91. The minimum absolute atomic E-state index is 0.101. The van der Waals surface area contributed by atoms with E-state index in [-0.39, 0.29) is 24.2 Å². The van der Waals surface area contributed by atoms with Crippen molar-refractivity contribution in [2.24, 2.45) is 11.8 Å². The summed E-state index contributed by atoms with van der Waals surface area (Å²) in [6, 6.07) is 0.101. The molecule has 2 aliphatic carbocycles. The first-order valence-electron chi connectivity index (χ1n) is 6.04. The normalized spacial score (nSPS) is 37.5. The molecule has 92 valence electrons. The predicted molar refractivity (Wildman–Crippen MR) is 60.0 cm³/mol. The van der Waals surface area contributed by atoms with Gasteiger partial charge in [-0.2, -0.15) is 0 Å². The van der Waals surface area contributed by atoms with Crippen molar-refractivity contribution < 1.29 is 14.6 Å². The number of nitrogens with one attached hydrogen (secondary N) is 1. The second-order valence-corrected chi connectivity index (χ2v) is 5.98. The number of amides is 1. The molecule has 1 amide bonds. The molecule has 2 fully saturated rings. The number of hydrogen-bond acceptors (Lipinski definition) is 3. The van der Waals surface area contributed by atoms with E-state index in [1.807, 2.05) is 20.8 Å². The summed E-state index contributed by atoms with van der Waals surface area (Å²) in [7, 11) is 0. The summed E-state index contributed by atoms with van der Waals surface area (Å²) >= 11 is 0. The zero-order valence-electron chi connectivity index (χ0n) is 10.2. The van der Waals surface area contributed by atoms with Gasteiger partial charge in [-0.15, -0.1) is 0 Å². The molecule has 2 saturated carbocycles. The first-order valence-corrected chi connectivity index (χ1v) is 6.04. The monoisotopic (exact) mass is 227 g/mol. The summed E-state index contributed by atoms with van der Waals surface area (Å²) in [4.78, 5) is 11.6. The highest BCUT2D eigenvalue weighted by Gasteiger charge is 2.47. The van der Waals surface area contributed by atoms with Crippen LogP contribution in [0.1, 0.15) is 40.0 Å². The van der Waals surface area contributed by atoms with Crippen LogP contribution >= 0.6 is 0 Å². The molecule has 0 aromatic carbocycles. The standard InChI is InChI=1S/C12H21NO3/c1-12(2,3)16-11(15)13-9-6-7-4-5-8(9)10(7)14/h7-10,14H,4-6H2,1-3H3,(H,13,15)/t7-,8-,9-,10+/m1/s1. The molecule has 0 saturated heterocycles. The van der Waals surface area contributed by atoms with Gasteiger partial charge in [0.05, 0.1) is 6.10 Å². The van der Waals surface area contributed by atoms with Crippen LogP contribution in [-0.4, -0.2) is 28.9 Å². The molecule has 2 aliphatic rings. The highest BCUT2D eigenvalue weighted by molar-refractivity contribution is 5.68. The number of aliphatic hydroxyl groups excluding tert-OH is 1. The van der Waals surface area contributed by atoms with E-state index in [1.165, 1.54) is 0 Å². The number of carbonyl (C=O) groups excluding carboxylic acids is 1. The van der Waals surface area contributed by atoms with Crippen LogP contribution in [0.4, 0.5) is 4.79 Å². The van der Waals surface area contributed by atoms with Crippen LogP contribution in [0.2, 0.25) is 0 Å². The summed E-state index contributed by atoms with van der Waals surface area (Å²) < 4.78 is 5.21. The molecule has 4 nitrogen and oxygen atoms in total. The van der Waals surface area contributed by atoms with Gasteiger partial charge in [-0.05, 0) is 46.0 Å². The molecule has 2 N–H and O–H groups in total. The van der Waals surface area contributed by atoms with E-state index in [9.17, 15) is 9.90 Å². The van der Waals surface area contributed by atoms with E-state index in [4.69, 9.17) is 4.74 Å². The fourth-order valence-electron chi connectivity index (χ4n) is 2.92. The third-order valence-corrected chi connectivity index (χ3v) is 3.57. The third kappa shape index (κ3) is 2.32. The maximum absolute atomic E-state index is 11.6. The molecule has 16 heavy (non-hydrogen) atoms. The smallest absolute Gasteiger partial charge is 0.407 e. The van der Waals surface area contributed by atoms with Crippen LogP contribution in [-0.2, 0) is 4.74 Å². The first kappa shape index (κ1) is 11.7. The molecule has 0 spiro atoms. The van der Waals surface area contributed by atoms with Crippen LogP contribution in [0.5, 0.6) is 0 Å². The summed E-state index contributed by atoms with van der Waals surface area (Å²) in [5.41, 5.74) is -0.458. The molecule has 4 heteroatoms. The number of fused-ring (bicyclic) bond motifs is 2. The van der Waals surface area contributed by atoms with Gasteiger partial charge in [-0.25, -0.2) is 4.79 Å². The maximum Gasteiger partial charge on any atom is 0.407 e. The lowest BCUT2D eigenvalue weighted by Gasteiger charge is -2.25. The Morgan fingerprint density at radius 3 is 2.50 bits per heavy atom. The SMILES string of the molecule is CC(C)(C)OC(=O)N[C@@H]1C[C@H]2CC[C@H]1[C@H]2O. The Morgan fingerprint density at radius 2 is 2.06 bits per heavy atom. The van der Waals surface area contributed by atoms with Crippen molar-refractivity contribution in [3.63, 3.8) is 0 Å². The van der Waals surface area contributed by atoms with E-state index < -0.39 is 5.60 Å².